The van der Waals surface area contributed by atoms with Gasteiger partial charge in [-0.05, 0) is 34.9 Å². The Labute approximate surface area is 134 Å². The van der Waals surface area contributed by atoms with Gasteiger partial charge in [0.2, 0.25) is 0 Å². The molecule has 0 spiro atoms. The number of hydroxylamine groups is 1. The van der Waals surface area contributed by atoms with E-state index in [1.54, 1.807) is 18.2 Å². The quantitative estimate of drug-likeness (QED) is 0.896. The number of fused-ring (bicyclic) bond motifs is 1. The fraction of sp³-hybridized carbons (Fsp3) is 0.188. The summed E-state index contributed by atoms with van der Waals surface area (Å²) in [5.41, 5.74) is 1.96. The van der Waals surface area contributed by atoms with Gasteiger partial charge in [-0.3, -0.25) is 5.21 Å². The van der Waals surface area contributed by atoms with Crippen molar-refractivity contribution in [1.82, 2.24) is 0 Å². The van der Waals surface area contributed by atoms with Crippen molar-refractivity contribution in [3.63, 3.8) is 0 Å². The normalized spacial score (nSPS) is 16.8. The molecular weight excluding hydrogens is 327 g/mol. The van der Waals surface area contributed by atoms with Crippen molar-refractivity contribution in [3.05, 3.63) is 48.0 Å². The van der Waals surface area contributed by atoms with E-state index in [9.17, 15) is 23.2 Å². The Hall–Kier alpha value is -2.74. The van der Waals surface area contributed by atoms with Gasteiger partial charge in [-0.1, -0.05) is 24.3 Å². The molecule has 0 saturated carbocycles. The summed E-state index contributed by atoms with van der Waals surface area (Å²) in [6, 6.07) is 9.18. The fourth-order valence-corrected chi connectivity index (χ4v) is 2.66. The van der Waals surface area contributed by atoms with E-state index in [1.807, 2.05) is 0 Å². The SMILES string of the molecule is O=C(O)C1Cc2ccc(-c3cccc(OC(F)(F)F)c3)cc2N1O. The van der Waals surface area contributed by atoms with E-state index < -0.39 is 18.4 Å². The molecule has 1 atom stereocenters. The summed E-state index contributed by atoms with van der Waals surface area (Å²) < 4.78 is 40.8. The molecule has 2 aromatic carbocycles. The second-order valence-corrected chi connectivity index (χ2v) is 5.32. The topological polar surface area (TPSA) is 70.0 Å². The summed E-state index contributed by atoms with van der Waals surface area (Å²) in [5.74, 6) is -1.51. The first-order chi connectivity index (χ1) is 11.2. The lowest BCUT2D eigenvalue weighted by molar-refractivity contribution is -0.274. The average molecular weight is 339 g/mol. The maximum atomic E-state index is 12.3. The minimum atomic E-state index is -4.78. The van der Waals surface area contributed by atoms with E-state index in [-0.39, 0.29) is 12.2 Å². The third-order valence-corrected chi connectivity index (χ3v) is 3.73. The number of carboxylic acids is 1. The molecule has 1 aliphatic heterocycles. The van der Waals surface area contributed by atoms with Gasteiger partial charge in [-0.2, -0.15) is 0 Å². The number of halogens is 3. The zero-order valence-corrected chi connectivity index (χ0v) is 12.1. The van der Waals surface area contributed by atoms with Gasteiger partial charge in [0.15, 0.2) is 6.04 Å². The summed E-state index contributed by atoms with van der Waals surface area (Å²) in [4.78, 5) is 11.1. The highest BCUT2D eigenvalue weighted by Gasteiger charge is 2.34. The Bertz CT molecular complexity index is 791. The maximum Gasteiger partial charge on any atom is 0.573 e. The molecule has 5 nitrogen and oxygen atoms in total. The summed E-state index contributed by atoms with van der Waals surface area (Å²) in [6.45, 7) is 0. The highest BCUT2D eigenvalue weighted by Crippen LogP contribution is 2.36. The molecule has 1 heterocycles. The monoisotopic (exact) mass is 339 g/mol. The summed E-state index contributed by atoms with van der Waals surface area (Å²) >= 11 is 0. The number of benzene rings is 2. The molecule has 0 saturated heterocycles. The predicted molar refractivity (Wildman–Crippen MR) is 78.0 cm³/mol. The fourth-order valence-electron chi connectivity index (χ4n) is 2.66. The first-order valence-corrected chi connectivity index (χ1v) is 6.94. The number of hydrogen-bond donors (Lipinski definition) is 2. The van der Waals surface area contributed by atoms with Crippen molar-refractivity contribution in [1.29, 1.82) is 0 Å². The second kappa shape index (κ2) is 5.72. The van der Waals surface area contributed by atoms with Crippen molar-refractivity contribution in [3.8, 4) is 16.9 Å². The van der Waals surface area contributed by atoms with Crippen LogP contribution in [0.3, 0.4) is 0 Å². The van der Waals surface area contributed by atoms with Crippen molar-refractivity contribution in [2.45, 2.75) is 18.8 Å². The van der Waals surface area contributed by atoms with E-state index >= 15 is 0 Å². The van der Waals surface area contributed by atoms with E-state index in [2.05, 4.69) is 4.74 Å². The van der Waals surface area contributed by atoms with E-state index in [1.165, 1.54) is 24.3 Å². The molecule has 0 aliphatic carbocycles. The van der Waals surface area contributed by atoms with Crippen molar-refractivity contribution >= 4 is 11.7 Å². The summed E-state index contributed by atoms with van der Waals surface area (Å²) in [5, 5.41) is 19.7. The van der Waals surface area contributed by atoms with Gasteiger partial charge >= 0.3 is 12.3 Å². The smallest absolute Gasteiger partial charge is 0.480 e. The minimum Gasteiger partial charge on any atom is -0.480 e. The van der Waals surface area contributed by atoms with Crippen molar-refractivity contribution in [2.24, 2.45) is 0 Å². The van der Waals surface area contributed by atoms with Crippen LogP contribution in [0.1, 0.15) is 5.56 Å². The molecule has 24 heavy (non-hydrogen) atoms. The molecule has 126 valence electrons. The molecular formula is C16H12F3NO4. The zero-order valence-electron chi connectivity index (χ0n) is 12.1. The largest absolute Gasteiger partial charge is 0.573 e. The number of carboxylic acid groups (broad SMARTS) is 1. The molecule has 0 bridgehead atoms. The van der Waals surface area contributed by atoms with Gasteiger partial charge in [0, 0.05) is 6.42 Å². The van der Waals surface area contributed by atoms with Crippen LogP contribution in [0.2, 0.25) is 0 Å². The lowest BCUT2D eigenvalue weighted by Crippen LogP contribution is -2.35. The number of alkyl halides is 3. The highest BCUT2D eigenvalue weighted by atomic mass is 19.4. The van der Waals surface area contributed by atoms with Crippen LogP contribution in [0.4, 0.5) is 18.9 Å². The Morgan fingerprint density at radius 3 is 2.54 bits per heavy atom. The van der Waals surface area contributed by atoms with Crippen molar-refractivity contribution in [2.75, 3.05) is 5.06 Å². The van der Waals surface area contributed by atoms with Gasteiger partial charge in [0.25, 0.3) is 0 Å². The second-order valence-electron chi connectivity index (χ2n) is 5.32. The van der Waals surface area contributed by atoms with Crippen LogP contribution in [0.25, 0.3) is 11.1 Å². The third kappa shape index (κ3) is 3.13. The Morgan fingerprint density at radius 2 is 1.88 bits per heavy atom. The van der Waals surface area contributed by atoms with Gasteiger partial charge in [-0.15, -0.1) is 13.2 Å². The predicted octanol–water partition coefficient (Wildman–Crippen LogP) is 3.46. The number of hydrogen-bond acceptors (Lipinski definition) is 4. The first-order valence-electron chi connectivity index (χ1n) is 6.94. The van der Waals surface area contributed by atoms with Gasteiger partial charge in [0.1, 0.15) is 5.75 Å². The molecule has 0 fully saturated rings. The number of ether oxygens (including phenoxy) is 1. The summed E-state index contributed by atoms with van der Waals surface area (Å²) in [7, 11) is 0. The number of carbonyl (C=O) groups is 1. The van der Waals surface area contributed by atoms with Crippen LogP contribution in [0, 0.1) is 0 Å². The molecule has 1 aliphatic rings. The number of aliphatic carboxylic acids is 1. The maximum absolute atomic E-state index is 12.3. The minimum absolute atomic E-state index is 0.151. The molecule has 8 heteroatoms. The third-order valence-electron chi connectivity index (χ3n) is 3.73. The average Bonchev–Trinajstić information content (AvgIpc) is 2.83. The van der Waals surface area contributed by atoms with E-state index in [0.717, 1.165) is 0 Å². The Kier molecular flexibility index (Phi) is 3.84. The number of nitrogens with zero attached hydrogens (tertiary/aromatic N) is 1. The lowest BCUT2D eigenvalue weighted by Gasteiger charge is -2.16. The van der Waals surface area contributed by atoms with Gasteiger partial charge in [0.05, 0.1) is 5.69 Å². The van der Waals surface area contributed by atoms with E-state index in [4.69, 9.17) is 5.11 Å². The first kappa shape index (κ1) is 16.1. The molecule has 2 N–H and O–H groups in total. The van der Waals surface area contributed by atoms with Crippen LogP contribution < -0.4 is 9.80 Å². The van der Waals surface area contributed by atoms with Crippen molar-refractivity contribution < 1.29 is 33.0 Å². The van der Waals surface area contributed by atoms with Gasteiger partial charge in [-0.25, -0.2) is 9.86 Å². The Morgan fingerprint density at radius 1 is 1.17 bits per heavy atom. The van der Waals surface area contributed by atoms with Crippen LogP contribution in [0.5, 0.6) is 5.75 Å². The van der Waals surface area contributed by atoms with Crippen LogP contribution in [-0.4, -0.2) is 28.7 Å². The van der Waals surface area contributed by atoms with Gasteiger partial charge < -0.3 is 9.84 Å². The summed E-state index contributed by atoms with van der Waals surface area (Å²) in [6.07, 6.45) is -4.63. The molecule has 1 unspecified atom stereocenters. The molecule has 3 rings (SSSR count). The molecule has 0 radical (unpaired) electrons. The van der Waals surface area contributed by atoms with Crippen LogP contribution in [0.15, 0.2) is 42.5 Å². The van der Waals surface area contributed by atoms with Crippen LogP contribution >= 0.6 is 0 Å². The molecule has 2 aromatic rings. The standard InChI is InChI=1S/C16H12F3NO4/c17-16(18,19)24-12-3-1-2-9(6-12)10-4-5-11-8-14(15(21)22)20(23)13(11)7-10/h1-7,14,23H,8H2,(H,21,22). The number of anilines is 1. The van der Waals surface area contributed by atoms with Crippen LogP contribution in [-0.2, 0) is 11.2 Å². The van der Waals surface area contributed by atoms with E-state index in [0.29, 0.717) is 27.4 Å². The number of rotatable bonds is 3. The molecule has 0 amide bonds. The Balaban J connectivity index is 1.93. The zero-order chi connectivity index (χ0) is 17.5. The highest BCUT2D eigenvalue weighted by molar-refractivity contribution is 5.83. The lowest BCUT2D eigenvalue weighted by atomic mass is 10.0. The molecule has 0 aromatic heterocycles.